The van der Waals surface area contributed by atoms with E-state index in [2.05, 4.69) is 15.8 Å². The van der Waals surface area contributed by atoms with E-state index in [9.17, 15) is 9.59 Å². The molecule has 3 rings (SSSR count). The first-order chi connectivity index (χ1) is 13.0. The van der Waals surface area contributed by atoms with Crippen LogP contribution in [0.4, 0.5) is 5.69 Å². The fourth-order valence-electron chi connectivity index (χ4n) is 2.39. The van der Waals surface area contributed by atoms with Gasteiger partial charge in [0.15, 0.2) is 0 Å². The van der Waals surface area contributed by atoms with Crippen molar-refractivity contribution < 1.29 is 9.59 Å². The van der Waals surface area contributed by atoms with Crippen LogP contribution in [0.15, 0.2) is 65.8 Å². The summed E-state index contributed by atoms with van der Waals surface area (Å²) in [7, 11) is 0. The Kier molecular flexibility index (Phi) is 5.78. The minimum Gasteiger partial charge on any atom is -0.322 e. The average Bonchev–Trinajstić information content (AvgIpc) is 3.07. The number of nitrogens with one attached hydrogen (secondary N) is 2. The number of hydrogen-bond donors (Lipinski definition) is 2. The largest absolute Gasteiger partial charge is 0.322 e. The van der Waals surface area contributed by atoms with Gasteiger partial charge in [-0.05, 0) is 56.3 Å². The fraction of sp³-hybridized carbons (Fsp3) is 0.0952. The minimum absolute atomic E-state index is 0.223. The molecular formula is C21H19N3O2S. The lowest BCUT2D eigenvalue weighted by molar-refractivity contribution is 0.0953. The zero-order valence-corrected chi connectivity index (χ0v) is 15.8. The van der Waals surface area contributed by atoms with Gasteiger partial charge in [0.05, 0.1) is 6.21 Å². The van der Waals surface area contributed by atoms with Crippen LogP contribution in [0.3, 0.4) is 0 Å². The fourth-order valence-corrected chi connectivity index (χ4v) is 3.14. The molecule has 3 aromatic rings. The second-order valence-corrected chi connectivity index (χ2v) is 7.37. The van der Waals surface area contributed by atoms with Gasteiger partial charge in [-0.15, -0.1) is 11.3 Å². The number of nitrogens with zero attached hydrogens (tertiary/aromatic N) is 1. The highest BCUT2D eigenvalue weighted by atomic mass is 32.1. The Bertz CT molecular complexity index is 991. The number of anilines is 1. The van der Waals surface area contributed by atoms with Gasteiger partial charge in [0.25, 0.3) is 11.8 Å². The molecule has 5 nitrogen and oxygen atoms in total. The van der Waals surface area contributed by atoms with Crippen LogP contribution in [0.2, 0.25) is 0 Å². The van der Waals surface area contributed by atoms with Crippen LogP contribution in [-0.2, 0) is 0 Å². The van der Waals surface area contributed by atoms with Crippen LogP contribution in [0.5, 0.6) is 0 Å². The van der Waals surface area contributed by atoms with E-state index in [4.69, 9.17) is 0 Å². The van der Waals surface area contributed by atoms with Crippen LogP contribution in [0.25, 0.3) is 0 Å². The zero-order chi connectivity index (χ0) is 19.2. The van der Waals surface area contributed by atoms with Crippen LogP contribution in [0, 0.1) is 13.8 Å². The molecule has 0 saturated carbocycles. The number of benzene rings is 2. The number of thiophene rings is 1. The topological polar surface area (TPSA) is 70.6 Å². The van der Waals surface area contributed by atoms with Crippen molar-refractivity contribution in [3.63, 3.8) is 0 Å². The smallest absolute Gasteiger partial charge is 0.271 e. The summed E-state index contributed by atoms with van der Waals surface area (Å²) in [6.07, 6.45) is 1.61. The number of rotatable bonds is 5. The van der Waals surface area contributed by atoms with Crippen molar-refractivity contribution in [1.29, 1.82) is 0 Å². The van der Waals surface area contributed by atoms with E-state index in [-0.39, 0.29) is 11.8 Å². The van der Waals surface area contributed by atoms with Crippen molar-refractivity contribution in [2.45, 2.75) is 13.8 Å². The monoisotopic (exact) mass is 377 g/mol. The van der Waals surface area contributed by atoms with Crippen LogP contribution in [0.1, 0.15) is 36.0 Å². The second kappa shape index (κ2) is 8.42. The zero-order valence-electron chi connectivity index (χ0n) is 15.0. The van der Waals surface area contributed by atoms with Gasteiger partial charge in [-0.2, -0.15) is 5.10 Å². The van der Waals surface area contributed by atoms with Crippen LogP contribution in [-0.4, -0.2) is 18.0 Å². The van der Waals surface area contributed by atoms with Gasteiger partial charge in [-0.3, -0.25) is 9.59 Å². The second-order valence-electron chi connectivity index (χ2n) is 6.05. The van der Waals surface area contributed by atoms with Crippen molar-refractivity contribution in [2.24, 2.45) is 5.10 Å². The highest BCUT2D eigenvalue weighted by Gasteiger charge is 2.09. The third kappa shape index (κ3) is 5.12. The lowest BCUT2D eigenvalue weighted by atomic mass is 10.1. The molecule has 2 N–H and O–H groups in total. The van der Waals surface area contributed by atoms with Gasteiger partial charge in [0.1, 0.15) is 0 Å². The van der Waals surface area contributed by atoms with Crippen molar-refractivity contribution in [1.82, 2.24) is 5.43 Å². The summed E-state index contributed by atoms with van der Waals surface area (Å²) >= 11 is 1.60. The normalized spacial score (nSPS) is 10.7. The van der Waals surface area contributed by atoms with Crippen molar-refractivity contribution in [3.05, 3.63) is 87.1 Å². The lowest BCUT2D eigenvalue weighted by Gasteiger charge is -2.07. The minimum atomic E-state index is -0.342. The molecule has 0 aliphatic heterocycles. The summed E-state index contributed by atoms with van der Waals surface area (Å²) in [5, 5.41) is 6.78. The molecule has 0 aliphatic rings. The van der Waals surface area contributed by atoms with Crippen molar-refractivity contribution >= 4 is 35.1 Å². The molecule has 0 atom stereocenters. The molecule has 2 amide bonds. The van der Waals surface area contributed by atoms with Gasteiger partial charge in [-0.1, -0.05) is 23.8 Å². The summed E-state index contributed by atoms with van der Waals surface area (Å²) in [5.41, 5.74) is 5.11. The van der Waals surface area contributed by atoms with Gasteiger partial charge < -0.3 is 5.32 Å². The van der Waals surface area contributed by atoms with Crippen molar-refractivity contribution in [2.75, 3.05) is 5.32 Å². The molecule has 0 aliphatic carbocycles. The Balaban J connectivity index is 1.63. The molecule has 1 aromatic heterocycles. The van der Waals surface area contributed by atoms with Crippen molar-refractivity contribution in [3.8, 4) is 0 Å². The Morgan fingerprint density at radius 1 is 0.926 bits per heavy atom. The summed E-state index contributed by atoms with van der Waals surface area (Å²) in [5.74, 6) is -0.565. The Labute approximate surface area is 161 Å². The number of hydrazone groups is 1. The molecule has 136 valence electrons. The standard InChI is InChI=1S/C21H19N3O2S/c1-14-6-9-16(10-7-14)20(25)23-18-5-3-4-17(12-18)21(26)24-22-13-19-11-8-15(2)27-19/h3-13H,1-2H3,(H,23,25)(H,24,26)/b22-13+. The Hall–Kier alpha value is -3.25. The molecule has 0 saturated heterocycles. The molecule has 0 unspecified atom stereocenters. The maximum atomic E-state index is 12.3. The summed E-state index contributed by atoms with van der Waals surface area (Å²) in [4.78, 5) is 26.7. The Morgan fingerprint density at radius 3 is 2.41 bits per heavy atom. The van der Waals surface area contributed by atoms with E-state index in [1.54, 1.807) is 53.9 Å². The van der Waals surface area contributed by atoms with E-state index < -0.39 is 0 Å². The van der Waals surface area contributed by atoms with Gasteiger partial charge in [0.2, 0.25) is 0 Å². The molecule has 1 heterocycles. The van der Waals surface area contributed by atoms with Gasteiger partial charge >= 0.3 is 0 Å². The molecule has 0 bridgehead atoms. The molecule has 0 fully saturated rings. The predicted octanol–water partition coefficient (Wildman–Crippen LogP) is 4.38. The van der Waals surface area contributed by atoms with Gasteiger partial charge in [0, 0.05) is 26.6 Å². The molecule has 0 spiro atoms. The predicted molar refractivity (Wildman–Crippen MR) is 110 cm³/mol. The molecule has 0 radical (unpaired) electrons. The SMILES string of the molecule is Cc1ccc(C(=O)Nc2cccc(C(=O)N/N=C/c3ccc(C)s3)c2)cc1. The third-order valence-electron chi connectivity index (χ3n) is 3.82. The van der Waals surface area contributed by atoms with Crippen LogP contribution < -0.4 is 10.7 Å². The molecular weight excluding hydrogens is 358 g/mol. The van der Waals surface area contributed by atoms with E-state index in [0.29, 0.717) is 16.8 Å². The number of carbonyl (C=O) groups is 2. The number of amides is 2. The van der Waals surface area contributed by atoms with Crippen LogP contribution >= 0.6 is 11.3 Å². The lowest BCUT2D eigenvalue weighted by Crippen LogP contribution is -2.18. The van der Waals surface area contributed by atoms with E-state index in [0.717, 1.165) is 10.4 Å². The molecule has 27 heavy (non-hydrogen) atoms. The first-order valence-electron chi connectivity index (χ1n) is 8.39. The molecule has 2 aromatic carbocycles. The first-order valence-corrected chi connectivity index (χ1v) is 9.21. The number of aryl methyl sites for hydroxylation is 2. The van der Waals surface area contributed by atoms with E-state index in [1.165, 1.54) is 4.88 Å². The van der Waals surface area contributed by atoms with E-state index in [1.807, 2.05) is 38.1 Å². The average molecular weight is 377 g/mol. The maximum Gasteiger partial charge on any atom is 0.271 e. The Morgan fingerprint density at radius 2 is 1.70 bits per heavy atom. The maximum absolute atomic E-state index is 12.3. The number of hydrogen-bond acceptors (Lipinski definition) is 4. The summed E-state index contributed by atoms with van der Waals surface area (Å²) < 4.78 is 0. The number of carbonyl (C=O) groups excluding carboxylic acids is 2. The highest BCUT2D eigenvalue weighted by molar-refractivity contribution is 7.13. The van der Waals surface area contributed by atoms with E-state index >= 15 is 0 Å². The van der Waals surface area contributed by atoms with Gasteiger partial charge in [-0.25, -0.2) is 5.43 Å². The summed E-state index contributed by atoms with van der Waals surface area (Å²) in [6.45, 7) is 3.98. The highest BCUT2D eigenvalue weighted by Crippen LogP contribution is 2.14. The summed E-state index contributed by atoms with van der Waals surface area (Å²) in [6, 6.07) is 18.0. The molecule has 6 heteroatoms. The first kappa shape index (κ1) is 18.5. The third-order valence-corrected chi connectivity index (χ3v) is 4.75. The quantitative estimate of drug-likeness (QED) is 0.512.